The van der Waals surface area contributed by atoms with Crippen molar-refractivity contribution in [1.29, 1.82) is 0 Å². The molecule has 0 radical (unpaired) electrons. The molecule has 0 aliphatic rings. The van der Waals surface area contributed by atoms with Crippen LogP contribution < -0.4 is 88.7 Å². The van der Waals surface area contributed by atoms with Crippen LogP contribution in [0.5, 0.6) is 0 Å². The van der Waals surface area contributed by atoms with Crippen LogP contribution in [0.3, 0.4) is 0 Å². The van der Waals surface area contributed by atoms with Crippen molar-refractivity contribution in [3.05, 3.63) is 0 Å². The molecule has 0 atom stereocenters. The smallest absolute Gasteiger partial charge is 1.00 e. The minimum absolute atomic E-state index is 0. The summed E-state index contributed by atoms with van der Waals surface area (Å²) >= 11 is 0. The van der Waals surface area contributed by atoms with Gasteiger partial charge in [0, 0.05) is 0 Å². The average molecular weight is 383 g/mol. The van der Waals surface area contributed by atoms with E-state index in [4.69, 9.17) is 58.1 Å². The molecule has 0 unspecified atom stereocenters. The van der Waals surface area contributed by atoms with E-state index in [1.54, 1.807) is 0 Å². The first-order valence-electron chi connectivity index (χ1n) is 0.802. The van der Waals surface area contributed by atoms with Crippen LogP contribution in [0.15, 0.2) is 0 Å². The molecule has 0 aliphatic carbocycles. The van der Waals surface area contributed by atoms with Gasteiger partial charge in [-0.3, -0.25) is 0 Å². The zero-order valence-corrected chi connectivity index (χ0v) is 17.9. The molecule has 0 amide bonds. The predicted molar refractivity (Wildman–Crippen MR) is 35.1 cm³/mol. The van der Waals surface area contributed by atoms with Gasteiger partial charge >= 0.3 is 153 Å². The van der Waals surface area contributed by atoms with Crippen molar-refractivity contribution in [2.75, 3.05) is 0 Å². The first-order valence-corrected chi connectivity index (χ1v) is 14.2. The van der Waals surface area contributed by atoms with E-state index in [9.17, 15) is 0 Å². The minimum atomic E-state index is -5.22. The molecule has 0 heterocycles. The van der Waals surface area contributed by atoms with E-state index in [0.717, 1.165) is 0 Å². The zero-order chi connectivity index (χ0) is 6.41. The summed E-state index contributed by atoms with van der Waals surface area (Å²) in [7, 11) is 30.3. The quantitative estimate of drug-likeness (QED) is 0.369. The molecule has 0 saturated heterocycles. The third-order valence-electron chi connectivity index (χ3n) is 0. The molecule has 0 aliphatic heterocycles. The topological polar surface area (TPSA) is 0 Å². The Kier molecular flexibility index (Phi) is 15.2. The van der Waals surface area contributed by atoms with Gasteiger partial charge in [-0.25, -0.2) is 0 Å². The SMILES string of the molecule is [Cl][Ru-2]([Cl])([Cl])([Cl])([Cl])[Cl].[Na+].[Na+].[Na+]. The normalized spacial score (nSPS) is 16.2. The fourth-order valence-corrected chi connectivity index (χ4v) is 0. The molecule has 10 heteroatoms. The van der Waals surface area contributed by atoms with Crippen LogP contribution in [0.2, 0.25) is 0 Å². The Bertz CT molecular complexity index is 71.6. The van der Waals surface area contributed by atoms with Crippen molar-refractivity contribution in [1.82, 2.24) is 0 Å². The maximum atomic E-state index is 5.04. The molecular formula is Cl6Na3Ru+. The van der Waals surface area contributed by atoms with E-state index in [0.29, 0.717) is 0 Å². The third kappa shape index (κ3) is 71.0. The number of halogens is 6. The van der Waals surface area contributed by atoms with Gasteiger partial charge in [0.25, 0.3) is 0 Å². The van der Waals surface area contributed by atoms with Crippen LogP contribution in [0.1, 0.15) is 0 Å². The van der Waals surface area contributed by atoms with Crippen molar-refractivity contribution in [2.24, 2.45) is 0 Å². The van der Waals surface area contributed by atoms with Gasteiger partial charge in [-0.05, 0) is 0 Å². The minimum Gasteiger partial charge on any atom is 1.00 e. The fourth-order valence-electron chi connectivity index (χ4n) is 0. The summed E-state index contributed by atoms with van der Waals surface area (Å²) < 4.78 is 0. The second kappa shape index (κ2) is 6.19. The zero-order valence-electron chi connectivity index (χ0n) is 5.62. The monoisotopic (exact) mass is 381 g/mol. The van der Waals surface area contributed by atoms with E-state index in [-0.39, 0.29) is 88.7 Å². The average Bonchev–Trinajstić information content (AvgIpc) is 0.592. The van der Waals surface area contributed by atoms with Crippen LogP contribution in [0.4, 0.5) is 0 Å². The van der Waals surface area contributed by atoms with E-state index in [1.165, 1.54) is 0 Å². The third-order valence-corrected chi connectivity index (χ3v) is 0. The molecule has 0 nitrogen and oxygen atoms in total. The second-order valence-electron chi connectivity index (χ2n) is 0.758. The van der Waals surface area contributed by atoms with E-state index in [2.05, 4.69) is 0 Å². The van der Waals surface area contributed by atoms with Gasteiger partial charge in [-0.2, -0.15) is 0 Å². The Morgan fingerprint density at radius 3 is 0.500 bits per heavy atom. The van der Waals surface area contributed by atoms with Crippen molar-refractivity contribution < 1.29 is 95.2 Å². The summed E-state index contributed by atoms with van der Waals surface area (Å²) in [5, 5.41) is 0. The molecule has 0 rings (SSSR count). The number of hydrogen-bond acceptors (Lipinski definition) is 0. The summed E-state index contributed by atoms with van der Waals surface area (Å²) in [5.74, 6) is 0. The fraction of sp³-hybridized carbons (Fsp3) is 0. The molecule has 52 valence electrons. The predicted octanol–water partition coefficient (Wildman–Crippen LogP) is -4.85. The Hall–Kier alpha value is 5.36. The number of rotatable bonds is 0. The molecule has 0 spiro atoms. The molecule has 0 aromatic rings. The Labute approximate surface area is 149 Å². The maximum absolute atomic E-state index is 5.22. The summed E-state index contributed by atoms with van der Waals surface area (Å²) in [5.41, 5.74) is 0. The Morgan fingerprint density at radius 2 is 0.500 bits per heavy atom. The molecule has 0 saturated carbocycles. The first-order chi connectivity index (χ1) is 2.45. The molecular weight excluding hydrogens is 383 g/mol. The van der Waals surface area contributed by atoms with Crippen LogP contribution >= 0.6 is 58.1 Å². The summed E-state index contributed by atoms with van der Waals surface area (Å²) in [6, 6.07) is 0. The van der Waals surface area contributed by atoms with E-state index >= 15 is 0 Å². The Balaban J connectivity index is -0.0000000600. The van der Waals surface area contributed by atoms with Crippen molar-refractivity contribution in [2.45, 2.75) is 0 Å². The van der Waals surface area contributed by atoms with Gasteiger partial charge in [0.15, 0.2) is 0 Å². The van der Waals surface area contributed by atoms with Crippen LogP contribution in [0.25, 0.3) is 0 Å². The van der Waals surface area contributed by atoms with Gasteiger partial charge < -0.3 is 0 Å². The van der Waals surface area contributed by atoms with E-state index in [1.807, 2.05) is 0 Å². The van der Waals surface area contributed by atoms with Gasteiger partial charge in [-0.15, -0.1) is 0 Å². The van der Waals surface area contributed by atoms with Crippen molar-refractivity contribution >= 4 is 58.1 Å². The van der Waals surface area contributed by atoms with Crippen LogP contribution in [-0.2, 0) is 6.48 Å². The number of hydrogen-bond donors (Lipinski definition) is 0. The molecule has 10 heavy (non-hydrogen) atoms. The standard InChI is InChI=1S/6ClH.3Na.Ru/h6*1H;;;;/q;;;;;;3*+1;+4/p-6. The van der Waals surface area contributed by atoms with Crippen molar-refractivity contribution in [3.8, 4) is 0 Å². The summed E-state index contributed by atoms with van der Waals surface area (Å²) in [4.78, 5) is 0. The largest absolute Gasteiger partial charge is 1.00 e. The first kappa shape index (κ1) is 24.5. The molecule has 0 fully saturated rings. The second-order valence-corrected chi connectivity index (χ2v) is 40.3. The van der Waals surface area contributed by atoms with E-state index < -0.39 is 6.48 Å². The molecule has 0 aromatic heterocycles. The van der Waals surface area contributed by atoms with Gasteiger partial charge in [-0.1, -0.05) is 0 Å². The van der Waals surface area contributed by atoms with Gasteiger partial charge in [0.2, 0.25) is 0 Å². The van der Waals surface area contributed by atoms with Crippen LogP contribution in [-0.4, -0.2) is 0 Å². The maximum Gasteiger partial charge on any atom is 1.00 e. The van der Waals surface area contributed by atoms with Gasteiger partial charge in [0.1, 0.15) is 0 Å². The summed E-state index contributed by atoms with van der Waals surface area (Å²) in [6.45, 7) is -5.22. The van der Waals surface area contributed by atoms with Gasteiger partial charge in [0.05, 0.1) is 0 Å². The summed E-state index contributed by atoms with van der Waals surface area (Å²) in [6.07, 6.45) is 0. The molecule has 0 bridgehead atoms. The Morgan fingerprint density at radius 1 is 0.500 bits per heavy atom. The van der Waals surface area contributed by atoms with Crippen LogP contribution in [0, 0.1) is 0 Å². The van der Waals surface area contributed by atoms with Crippen molar-refractivity contribution in [3.63, 3.8) is 0 Å². The molecule has 0 N–H and O–H groups in total. The molecule has 0 aromatic carbocycles.